The molecule has 1 saturated carbocycles. The van der Waals surface area contributed by atoms with Crippen molar-refractivity contribution in [3.05, 3.63) is 24.2 Å². The summed E-state index contributed by atoms with van der Waals surface area (Å²) in [5, 5.41) is 38.3. The van der Waals surface area contributed by atoms with E-state index in [1.807, 2.05) is 19.9 Å². The molecule has 9 nitrogen and oxygen atoms in total. The Morgan fingerprint density at radius 2 is 2.13 bits per heavy atom. The predicted molar refractivity (Wildman–Crippen MR) is 121 cm³/mol. The Labute approximate surface area is 184 Å². The maximum Gasteiger partial charge on any atom is 0.225 e. The molecule has 5 N–H and O–H groups in total. The zero-order chi connectivity index (χ0) is 22.2. The second kappa shape index (κ2) is 8.62. The fraction of sp³-hybridized carbons (Fsp3) is 0.524. The van der Waals surface area contributed by atoms with Crippen LogP contribution in [0.25, 0.3) is 20.8 Å². The molecule has 3 aromatic heterocycles. The van der Waals surface area contributed by atoms with Gasteiger partial charge in [-0.3, -0.25) is 4.98 Å². The number of fused-ring (bicyclic) bond motifs is 1. The summed E-state index contributed by atoms with van der Waals surface area (Å²) in [7, 11) is 0. The largest absolute Gasteiger partial charge is 0.396 e. The van der Waals surface area contributed by atoms with Crippen LogP contribution < -0.4 is 10.6 Å². The molecule has 0 bridgehead atoms. The summed E-state index contributed by atoms with van der Waals surface area (Å²) in [6, 6.07) is 2.07. The van der Waals surface area contributed by atoms with E-state index in [1.54, 1.807) is 12.4 Å². The third-order valence-electron chi connectivity index (χ3n) is 5.88. The number of nitrogens with zero attached hydrogens (tertiary/aromatic N) is 4. The van der Waals surface area contributed by atoms with Gasteiger partial charge < -0.3 is 26.0 Å². The van der Waals surface area contributed by atoms with Crippen LogP contribution in [0.3, 0.4) is 0 Å². The van der Waals surface area contributed by atoms with Crippen molar-refractivity contribution in [2.75, 3.05) is 17.2 Å². The average molecular weight is 445 g/mol. The van der Waals surface area contributed by atoms with Gasteiger partial charge in [-0.2, -0.15) is 4.98 Å². The molecule has 0 saturated heterocycles. The smallest absolute Gasteiger partial charge is 0.225 e. The molecular weight excluding hydrogens is 416 g/mol. The number of rotatable bonds is 7. The Kier molecular flexibility index (Phi) is 6.07. The topological polar surface area (TPSA) is 136 Å². The van der Waals surface area contributed by atoms with Crippen molar-refractivity contribution in [2.24, 2.45) is 5.92 Å². The van der Waals surface area contributed by atoms with Crippen molar-refractivity contribution in [2.45, 2.75) is 57.9 Å². The summed E-state index contributed by atoms with van der Waals surface area (Å²) in [5.74, 6) is 0.441. The first kappa shape index (κ1) is 21.8. The number of aryl methyl sites for hydroxylation is 1. The van der Waals surface area contributed by atoms with Gasteiger partial charge in [-0.1, -0.05) is 6.92 Å². The zero-order valence-corrected chi connectivity index (χ0v) is 18.6. The monoisotopic (exact) mass is 444 g/mol. The maximum atomic E-state index is 11.2. The minimum atomic E-state index is -1.60. The molecule has 1 aliphatic carbocycles. The Morgan fingerprint density at radius 1 is 1.32 bits per heavy atom. The lowest BCUT2D eigenvalue weighted by atomic mass is 10.0. The van der Waals surface area contributed by atoms with Gasteiger partial charge in [-0.05, 0) is 39.2 Å². The summed E-state index contributed by atoms with van der Waals surface area (Å²) in [4.78, 5) is 18.1. The highest BCUT2D eigenvalue weighted by Crippen LogP contribution is 2.40. The highest BCUT2D eigenvalue weighted by molar-refractivity contribution is 7.21. The van der Waals surface area contributed by atoms with Crippen molar-refractivity contribution < 1.29 is 15.3 Å². The number of aromatic nitrogens is 4. The number of nitrogens with one attached hydrogen (secondary N) is 2. The van der Waals surface area contributed by atoms with Crippen LogP contribution in [0.4, 0.5) is 11.8 Å². The third-order valence-corrected chi connectivity index (χ3v) is 6.94. The van der Waals surface area contributed by atoms with Crippen LogP contribution in [0.1, 0.15) is 38.8 Å². The molecule has 1 fully saturated rings. The number of hydrogen-bond acceptors (Lipinski definition) is 10. The quantitative estimate of drug-likeness (QED) is 0.348. The van der Waals surface area contributed by atoms with E-state index in [9.17, 15) is 15.3 Å². The van der Waals surface area contributed by atoms with Gasteiger partial charge in [0.1, 0.15) is 22.4 Å². The molecule has 166 valence electrons. The highest BCUT2D eigenvalue weighted by atomic mass is 32.1. The lowest BCUT2D eigenvalue weighted by Crippen LogP contribution is -2.48. The van der Waals surface area contributed by atoms with Crippen LogP contribution >= 0.6 is 11.3 Å². The van der Waals surface area contributed by atoms with E-state index < -0.39 is 17.7 Å². The van der Waals surface area contributed by atoms with Gasteiger partial charge in [-0.25, -0.2) is 9.97 Å². The van der Waals surface area contributed by atoms with E-state index >= 15 is 0 Å². The maximum absolute atomic E-state index is 11.2. The molecule has 31 heavy (non-hydrogen) atoms. The number of pyridine rings is 1. The molecular formula is C21H28N6O3S. The lowest BCUT2D eigenvalue weighted by Gasteiger charge is -2.31. The summed E-state index contributed by atoms with van der Waals surface area (Å²) in [6.07, 6.45) is 4.01. The van der Waals surface area contributed by atoms with E-state index in [-0.39, 0.29) is 12.6 Å². The predicted octanol–water partition coefficient (Wildman–Crippen LogP) is 2.53. The Morgan fingerprint density at radius 3 is 2.81 bits per heavy atom. The summed E-state index contributed by atoms with van der Waals surface area (Å²) >= 11 is 1.49. The van der Waals surface area contributed by atoms with E-state index in [1.165, 1.54) is 11.3 Å². The standard InChI is InChI=1S/C21H28N6O3S/c1-4-11(2)23-20-24-12(3)16(19-25-14-9-22-8-6-15(14)31-19)18(26-20)27-21(30)7-5-13(10-28)17(21)29/h6,8-9,11,13,17,28-30H,4-5,7,10H2,1-3H3,(H2,23,24,26,27). The van der Waals surface area contributed by atoms with Crippen LogP contribution in [0.15, 0.2) is 18.5 Å². The minimum absolute atomic E-state index is 0.172. The molecule has 10 heteroatoms. The fourth-order valence-electron chi connectivity index (χ4n) is 3.83. The summed E-state index contributed by atoms with van der Waals surface area (Å²) in [6.45, 7) is 5.80. The Hall–Kier alpha value is -2.40. The fourth-order valence-corrected chi connectivity index (χ4v) is 4.86. The zero-order valence-electron chi connectivity index (χ0n) is 17.8. The van der Waals surface area contributed by atoms with Crippen LogP contribution in [0.2, 0.25) is 0 Å². The van der Waals surface area contributed by atoms with E-state index in [0.29, 0.717) is 40.9 Å². The first-order chi connectivity index (χ1) is 14.8. The molecule has 0 spiro atoms. The molecule has 1 aliphatic rings. The minimum Gasteiger partial charge on any atom is -0.396 e. The molecule has 4 unspecified atom stereocenters. The average Bonchev–Trinajstić information content (AvgIpc) is 3.28. The number of thiazole rings is 1. The number of anilines is 2. The lowest BCUT2D eigenvalue weighted by molar-refractivity contribution is -0.0545. The van der Waals surface area contributed by atoms with Crippen molar-refractivity contribution in [1.29, 1.82) is 0 Å². The highest BCUT2D eigenvalue weighted by Gasteiger charge is 2.47. The summed E-state index contributed by atoms with van der Waals surface area (Å²) in [5.41, 5.74) is 0.540. The van der Waals surface area contributed by atoms with Gasteiger partial charge in [0.25, 0.3) is 0 Å². The van der Waals surface area contributed by atoms with Gasteiger partial charge >= 0.3 is 0 Å². The molecule has 3 aromatic rings. The van der Waals surface area contributed by atoms with Crippen LogP contribution in [0.5, 0.6) is 0 Å². The van der Waals surface area contributed by atoms with Gasteiger partial charge in [0.05, 0.1) is 22.2 Å². The Bertz CT molecular complexity index is 1040. The number of aliphatic hydroxyl groups excluding tert-OH is 2. The van der Waals surface area contributed by atoms with E-state index in [4.69, 9.17) is 4.98 Å². The second-order valence-electron chi connectivity index (χ2n) is 8.15. The van der Waals surface area contributed by atoms with Gasteiger partial charge in [0, 0.05) is 24.8 Å². The number of hydrogen-bond donors (Lipinski definition) is 5. The van der Waals surface area contributed by atoms with Crippen molar-refractivity contribution in [3.8, 4) is 10.6 Å². The van der Waals surface area contributed by atoms with Gasteiger partial charge in [-0.15, -0.1) is 11.3 Å². The third kappa shape index (κ3) is 4.20. The van der Waals surface area contributed by atoms with Crippen LogP contribution in [-0.4, -0.2) is 59.7 Å². The van der Waals surface area contributed by atoms with Crippen molar-refractivity contribution >= 4 is 33.3 Å². The first-order valence-electron chi connectivity index (χ1n) is 10.5. The second-order valence-corrected chi connectivity index (χ2v) is 9.18. The van der Waals surface area contributed by atoms with Crippen molar-refractivity contribution in [1.82, 2.24) is 19.9 Å². The molecule has 0 radical (unpaired) electrons. The molecule has 4 rings (SSSR count). The molecule has 0 aliphatic heterocycles. The SMILES string of the molecule is CCC(C)Nc1nc(C)c(-c2nc3cnccc3s2)c(NC2(O)CCC(CO)C2O)n1. The van der Waals surface area contributed by atoms with E-state index in [0.717, 1.165) is 16.6 Å². The summed E-state index contributed by atoms with van der Waals surface area (Å²) < 4.78 is 0.983. The first-order valence-corrected chi connectivity index (χ1v) is 11.3. The van der Waals surface area contributed by atoms with Crippen LogP contribution in [0, 0.1) is 12.8 Å². The van der Waals surface area contributed by atoms with Crippen molar-refractivity contribution in [3.63, 3.8) is 0 Å². The van der Waals surface area contributed by atoms with Crippen LogP contribution in [-0.2, 0) is 0 Å². The van der Waals surface area contributed by atoms with Gasteiger partial charge in [0.2, 0.25) is 5.95 Å². The molecule has 0 aromatic carbocycles. The number of aliphatic hydroxyl groups is 3. The molecule has 0 amide bonds. The Balaban J connectivity index is 1.80. The van der Waals surface area contributed by atoms with Gasteiger partial charge in [0.15, 0.2) is 5.72 Å². The molecule has 4 atom stereocenters. The molecule has 3 heterocycles. The van der Waals surface area contributed by atoms with E-state index in [2.05, 4.69) is 32.5 Å². The normalized spacial score (nSPS) is 24.5.